The molecule has 0 amide bonds. The van der Waals surface area contributed by atoms with Gasteiger partial charge in [-0.15, -0.1) is 0 Å². The zero-order valence-electron chi connectivity index (χ0n) is 17.9. The molecule has 1 N–H and O–H groups in total. The number of aliphatic hydroxyl groups is 1. The lowest BCUT2D eigenvalue weighted by molar-refractivity contribution is -0.353. The molecule has 6 heteroatoms. The Bertz CT molecular complexity index is 789. The highest BCUT2D eigenvalue weighted by molar-refractivity contribution is 5.64. The van der Waals surface area contributed by atoms with E-state index in [0.29, 0.717) is 18.1 Å². The minimum Gasteiger partial charge on any atom is -0.343 e. The Hall–Kier alpha value is -1.89. The lowest BCUT2D eigenvalue weighted by Gasteiger charge is -2.33. The van der Waals surface area contributed by atoms with Crippen molar-refractivity contribution in [2.24, 2.45) is 0 Å². The normalized spacial score (nSPS) is 12.9. The number of hydrogen-bond acceptors (Lipinski definition) is 3. The largest absolute Gasteiger partial charge is 0.343 e. The Balaban J connectivity index is 2.21. The topological polar surface area (TPSA) is 38.7 Å². The first-order valence-corrected chi connectivity index (χ1v) is 10.4. The fourth-order valence-electron chi connectivity index (χ4n) is 3.70. The van der Waals surface area contributed by atoms with Crippen molar-refractivity contribution in [3.8, 4) is 11.1 Å². The third kappa shape index (κ3) is 6.06. The lowest BCUT2D eigenvalue weighted by Crippen LogP contribution is -2.40. The molecule has 30 heavy (non-hydrogen) atoms. The van der Waals surface area contributed by atoms with Crippen LogP contribution in [0.4, 0.5) is 13.2 Å². The third-order valence-electron chi connectivity index (χ3n) is 5.51. The first kappa shape index (κ1) is 24.4. The second kappa shape index (κ2) is 11.5. The average molecular weight is 425 g/mol. The van der Waals surface area contributed by atoms with Gasteiger partial charge in [0, 0.05) is 25.8 Å². The van der Waals surface area contributed by atoms with Crippen LogP contribution in [0.1, 0.15) is 63.4 Å². The highest BCUT2D eigenvalue weighted by Gasteiger charge is 2.38. The van der Waals surface area contributed by atoms with Crippen molar-refractivity contribution in [2.75, 3.05) is 14.2 Å². The summed E-state index contributed by atoms with van der Waals surface area (Å²) >= 11 is 0. The number of halogens is 3. The lowest BCUT2D eigenvalue weighted by atomic mass is 9.89. The SMILES string of the molecule is CCCCCCCCC(c1ccc(-c2cc(F)c(F)cc2F)cc1)C(O)(OC)OC. The predicted octanol–water partition coefficient (Wildman–Crippen LogP) is 6.54. The van der Waals surface area contributed by atoms with Gasteiger partial charge in [-0.05, 0) is 23.6 Å². The fraction of sp³-hybridized carbons (Fsp3) is 0.500. The standard InChI is InChI=1S/C24H31F3O3/c1-4-5-6-7-8-9-10-20(24(28,29-2)30-3)18-13-11-17(12-14-18)19-15-22(26)23(27)16-21(19)25/h11-16,20,28H,4-10H2,1-3H3. The van der Waals surface area contributed by atoms with Crippen molar-refractivity contribution in [3.63, 3.8) is 0 Å². The number of hydrogen-bond donors (Lipinski definition) is 1. The van der Waals surface area contributed by atoms with Crippen molar-refractivity contribution in [3.05, 3.63) is 59.4 Å². The molecule has 0 aliphatic heterocycles. The molecule has 0 radical (unpaired) electrons. The Labute approximate surface area is 176 Å². The summed E-state index contributed by atoms with van der Waals surface area (Å²) in [5.41, 5.74) is 1.13. The van der Waals surface area contributed by atoms with E-state index in [1.54, 1.807) is 24.3 Å². The highest BCUT2D eigenvalue weighted by Crippen LogP contribution is 2.36. The molecule has 0 saturated heterocycles. The van der Waals surface area contributed by atoms with Crippen LogP contribution in [0.15, 0.2) is 36.4 Å². The van der Waals surface area contributed by atoms with Gasteiger partial charge in [0.25, 0.3) is 5.97 Å². The van der Waals surface area contributed by atoms with Crippen LogP contribution in [0, 0.1) is 17.5 Å². The summed E-state index contributed by atoms with van der Waals surface area (Å²) in [4.78, 5) is 0. The molecular formula is C24H31F3O3. The molecular weight excluding hydrogens is 393 g/mol. The summed E-state index contributed by atoms with van der Waals surface area (Å²) in [7, 11) is 2.76. The quantitative estimate of drug-likeness (QED) is 0.239. The predicted molar refractivity (Wildman–Crippen MR) is 111 cm³/mol. The molecule has 0 aliphatic carbocycles. The van der Waals surface area contributed by atoms with Gasteiger partial charge < -0.3 is 14.6 Å². The van der Waals surface area contributed by atoms with Gasteiger partial charge in [0.05, 0.1) is 5.92 Å². The average Bonchev–Trinajstić information content (AvgIpc) is 2.75. The molecule has 0 aromatic heterocycles. The Kier molecular flexibility index (Phi) is 9.34. The maximum absolute atomic E-state index is 14.1. The molecule has 0 spiro atoms. The van der Waals surface area contributed by atoms with Crippen molar-refractivity contribution < 1.29 is 27.8 Å². The van der Waals surface area contributed by atoms with Gasteiger partial charge in [0.15, 0.2) is 11.6 Å². The van der Waals surface area contributed by atoms with Crippen molar-refractivity contribution in [2.45, 2.75) is 63.8 Å². The van der Waals surface area contributed by atoms with Crippen molar-refractivity contribution in [1.29, 1.82) is 0 Å². The van der Waals surface area contributed by atoms with E-state index >= 15 is 0 Å². The zero-order chi connectivity index (χ0) is 22.1. The number of unbranched alkanes of at least 4 members (excludes halogenated alkanes) is 5. The Morgan fingerprint density at radius 1 is 0.833 bits per heavy atom. The third-order valence-corrected chi connectivity index (χ3v) is 5.51. The summed E-state index contributed by atoms with van der Waals surface area (Å²) in [6, 6.07) is 8.06. The Morgan fingerprint density at radius 2 is 1.40 bits per heavy atom. The molecule has 2 aromatic rings. The smallest absolute Gasteiger partial charge is 0.287 e. The minimum atomic E-state index is -1.79. The van der Waals surface area contributed by atoms with Crippen LogP contribution in [0.3, 0.4) is 0 Å². The summed E-state index contributed by atoms with van der Waals surface area (Å²) in [6.45, 7) is 2.17. The second-order valence-electron chi connectivity index (χ2n) is 7.52. The van der Waals surface area contributed by atoms with Crippen LogP contribution in [-0.4, -0.2) is 25.3 Å². The number of ether oxygens (including phenoxy) is 2. The van der Waals surface area contributed by atoms with E-state index in [4.69, 9.17) is 9.47 Å². The summed E-state index contributed by atoms with van der Waals surface area (Å²) in [5.74, 6) is -5.42. The van der Waals surface area contributed by atoms with E-state index in [1.165, 1.54) is 33.5 Å². The first-order chi connectivity index (χ1) is 14.4. The fourth-order valence-corrected chi connectivity index (χ4v) is 3.70. The molecule has 0 bridgehead atoms. The summed E-state index contributed by atoms with van der Waals surface area (Å²) in [5, 5.41) is 10.8. The van der Waals surface area contributed by atoms with Gasteiger partial charge >= 0.3 is 0 Å². The number of rotatable bonds is 12. The zero-order valence-corrected chi connectivity index (χ0v) is 17.9. The summed E-state index contributed by atoms with van der Waals surface area (Å²) in [6.07, 6.45) is 7.29. The van der Waals surface area contributed by atoms with E-state index in [-0.39, 0.29) is 5.56 Å². The van der Waals surface area contributed by atoms with Crippen LogP contribution in [0.5, 0.6) is 0 Å². The molecule has 166 valence electrons. The Morgan fingerprint density at radius 3 is 2.00 bits per heavy atom. The minimum absolute atomic E-state index is 0.0262. The van der Waals surface area contributed by atoms with Gasteiger partial charge in [-0.25, -0.2) is 13.2 Å². The van der Waals surface area contributed by atoms with E-state index in [2.05, 4.69) is 6.92 Å². The van der Waals surface area contributed by atoms with E-state index in [1.807, 2.05) is 0 Å². The van der Waals surface area contributed by atoms with Crippen molar-refractivity contribution in [1.82, 2.24) is 0 Å². The maximum atomic E-state index is 14.1. The number of benzene rings is 2. The van der Waals surface area contributed by atoms with Gasteiger partial charge in [0.2, 0.25) is 0 Å². The molecule has 0 fully saturated rings. The van der Waals surface area contributed by atoms with Gasteiger partial charge in [-0.2, -0.15) is 0 Å². The van der Waals surface area contributed by atoms with Crippen molar-refractivity contribution >= 4 is 0 Å². The molecule has 1 unspecified atom stereocenters. The highest BCUT2D eigenvalue weighted by atomic mass is 19.2. The first-order valence-electron chi connectivity index (χ1n) is 10.4. The van der Waals surface area contributed by atoms with E-state index < -0.39 is 29.3 Å². The van der Waals surface area contributed by atoms with Crippen LogP contribution in [0.2, 0.25) is 0 Å². The van der Waals surface area contributed by atoms with Gasteiger partial charge in [0.1, 0.15) is 5.82 Å². The van der Waals surface area contributed by atoms with Crippen LogP contribution >= 0.6 is 0 Å². The van der Waals surface area contributed by atoms with Crippen LogP contribution < -0.4 is 0 Å². The molecule has 0 aliphatic rings. The van der Waals surface area contributed by atoms with E-state index in [9.17, 15) is 18.3 Å². The van der Waals surface area contributed by atoms with E-state index in [0.717, 1.165) is 30.9 Å². The molecule has 0 heterocycles. The van der Waals surface area contributed by atoms with Crippen LogP contribution in [-0.2, 0) is 9.47 Å². The molecule has 0 saturated carbocycles. The summed E-state index contributed by atoms with van der Waals surface area (Å²) < 4.78 is 51.3. The molecule has 3 nitrogen and oxygen atoms in total. The van der Waals surface area contributed by atoms with Gasteiger partial charge in [-0.1, -0.05) is 69.7 Å². The van der Waals surface area contributed by atoms with Crippen LogP contribution in [0.25, 0.3) is 11.1 Å². The molecule has 2 rings (SSSR count). The van der Waals surface area contributed by atoms with Gasteiger partial charge in [-0.3, -0.25) is 0 Å². The number of methoxy groups -OCH3 is 2. The molecule has 1 atom stereocenters. The molecule has 2 aromatic carbocycles. The monoisotopic (exact) mass is 424 g/mol. The second-order valence-corrected chi connectivity index (χ2v) is 7.52. The maximum Gasteiger partial charge on any atom is 0.287 e.